The number of nitrogens with one attached hydrogen (secondary N) is 2. The minimum atomic E-state index is -3.61. The lowest BCUT2D eigenvalue weighted by Gasteiger charge is -2.16. The van der Waals surface area contributed by atoms with Crippen LogP contribution in [0.1, 0.15) is 18.6 Å². The van der Waals surface area contributed by atoms with Crippen molar-refractivity contribution in [3.05, 3.63) is 36.1 Å². The predicted octanol–water partition coefficient (Wildman–Crippen LogP) is 1.62. The van der Waals surface area contributed by atoms with Crippen LogP contribution in [-0.2, 0) is 29.1 Å². The summed E-state index contributed by atoms with van der Waals surface area (Å²) in [6.07, 6.45) is 1.65. The number of nitrogens with zero attached hydrogens (tertiary/aromatic N) is 2. The zero-order valence-electron chi connectivity index (χ0n) is 17.9. The molecule has 0 spiro atoms. The fourth-order valence-electron chi connectivity index (χ4n) is 3.03. The smallest absolute Gasteiger partial charge is 0.316 e. The van der Waals surface area contributed by atoms with Crippen LogP contribution in [0, 0.1) is 6.92 Å². The van der Waals surface area contributed by atoms with E-state index in [4.69, 9.17) is 9.26 Å². The van der Waals surface area contributed by atoms with E-state index in [1.54, 1.807) is 19.1 Å². The first-order valence-electron chi connectivity index (χ1n) is 10.1. The number of carbonyl (C=O) groups excluding carboxylic acids is 3. The molecule has 1 aromatic carbocycles. The zero-order valence-corrected chi connectivity index (χ0v) is 19.5. The van der Waals surface area contributed by atoms with Crippen LogP contribution in [0.15, 0.2) is 39.8 Å². The number of aryl methyl sites for hydroxylation is 1. The fraction of sp³-hybridized carbons (Fsp3) is 0.400. The molecule has 1 saturated heterocycles. The lowest BCUT2D eigenvalue weighted by atomic mass is 10.3. The molecule has 0 radical (unpaired) electrons. The SMILES string of the molecule is Cc1cc(NC(=O)CSCC(=O)OCC(=O)Nc2cccc(S(=O)(=O)N3CCCC3)c2)no1. The molecule has 2 amide bonds. The third-order valence-corrected chi connectivity index (χ3v) is 7.33. The van der Waals surface area contributed by atoms with Crippen LogP contribution in [0.25, 0.3) is 0 Å². The van der Waals surface area contributed by atoms with Gasteiger partial charge in [-0.2, -0.15) is 4.31 Å². The van der Waals surface area contributed by atoms with Crippen molar-refractivity contribution in [3.63, 3.8) is 0 Å². The number of aromatic nitrogens is 1. The maximum absolute atomic E-state index is 12.6. The van der Waals surface area contributed by atoms with Crippen molar-refractivity contribution in [2.75, 3.05) is 41.8 Å². The summed E-state index contributed by atoms with van der Waals surface area (Å²) in [5.41, 5.74) is 0.283. The number of ether oxygens (including phenoxy) is 1. The van der Waals surface area contributed by atoms with Crippen LogP contribution < -0.4 is 10.6 Å². The van der Waals surface area contributed by atoms with Crippen LogP contribution in [0.5, 0.6) is 0 Å². The van der Waals surface area contributed by atoms with Crippen LogP contribution in [0.3, 0.4) is 0 Å². The second-order valence-electron chi connectivity index (χ2n) is 7.21. The molecule has 0 aliphatic carbocycles. The number of carbonyl (C=O) groups is 3. The van der Waals surface area contributed by atoms with Gasteiger partial charge in [0.25, 0.3) is 5.91 Å². The van der Waals surface area contributed by atoms with E-state index in [-0.39, 0.29) is 33.8 Å². The maximum Gasteiger partial charge on any atom is 0.316 e. The van der Waals surface area contributed by atoms with Gasteiger partial charge >= 0.3 is 5.97 Å². The molecular weight excluding hydrogens is 472 g/mol. The quantitative estimate of drug-likeness (QED) is 0.468. The highest BCUT2D eigenvalue weighted by Gasteiger charge is 2.27. The van der Waals surface area contributed by atoms with Gasteiger partial charge in [-0.15, -0.1) is 11.8 Å². The van der Waals surface area contributed by atoms with Gasteiger partial charge in [0.15, 0.2) is 12.4 Å². The lowest BCUT2D eigenvalue weighted by Crippen LogP contribution is -2.28. The Hall–Kier alpha value is -2.90. The highest BCUT2D eigenvalue weighted by molar-refractivity contribution is 8.00. The Morgan fingerprint density at radius 2 is 1.88 bits per heavy atom. The minimum Gasteiger partial charge on any atom is -0.455 e. The number of amides is 2. The Bertz CT molecular complexity index is 1110. The molecule has 2 N–H and O–H groups in total. The van der Waals surface area contributed by atoms with E-state index in [0.29, 0.717) is 18.8 Å². The first-order chi connectivity index (χ1) is 15.7. The minimum absolute atomic E-state index is 0.00844. The van der Waals surface area contributed by atoms with Gasteiger partial charge in [-0.25, -0.2) is 8.42 Å². The summed E-state index contributed by atoms with van der Waals surface area (Å²) in [6, 6.07) is 7.49. The van der Waals surface area contributed by atoms with Gasteiger partial charge < -0.3 is 19.9 Å². The van der Waals surface area contributed by atoms with E-state index in [1.807, 2.05) is 0 Å². The Morgan fingerprint density at radius 1 is 1.12 bits per heavy atom. The summed E-state index contributed by atoms with van der Waals surface area (Å²) in [6.45, 7) is 2.12. The van der Waals surface area contributed by atoms with Gasteiger partial charge in [-0.3, -0.25) is 14.4 Å². The number of sulfonamides is 1. The normalized spacial score (nSPS) is 14.1. The van der Waals surface area contributed by atoms with Crippen LogP contribution >= 0.6 is 11.8 Å². The topological polar surface area (TPSA) is 148 Å². The first-order valence-corrected chi connectivity index (χ1v) is 12.7. The van der Waals surface area contributed by atoms with Crippen LogP contribution in [0.2, 0.25) is 0 Å². The summed E-state index contributed by atoms with van der Waals surface area (Å²) in [5.74, 6) is -0.918. The van der Waals surface area contributed by atoms with Gasteiger partial charge in [-0.05, 0) is 38.0 Å². The second kappa shape index (κ2) is 11.3. The molecule has 0 unspecified atom stereocenters. The third-order valence-electron chi connectivity index (χ3n) is 4.53. The molecule has 2 heterocycles. The molecule has 1 fully saturated rings. The largest absolute Gasteiger partial charge is 0.455 e. The number of esters is 1. The molecule has 0 bridgehead atoms. The Kier molecular flexibility index (Phi) is 8.47. The van der Waals surface area contributed by atoms with Crippen molar-refractivity contribution < 1.29 is 32.1 Å². The molecule has 2 aromatic rings. The van der Waals surface area contributed by atoms with E-state index in [1.165, 1.54) is 22.5 Å². The molecular formula is C20H24N4O7S2. The Balaban J connectivity index is 1.39. The molecule has 0 saturated carbocycles. The average molecular weight is 497 g/mol. The van der Waals surface area contributed by atoms with Crippen molar-refractivity contribution in [1.82, 2.24) is 9.46 Å². The van der Waals surface area contributed by atoms with Gasteiger partial charge in [0, 0.05) is 24.8 Å². The third kappa shape index (κ3) is 7.30. The van der Waals surface area contributed by atoms with Crippen molar-refractivity contribution in [2.24, 2.45) is 0 Å². The molecule has 3 rings (SSSR count). The standard InChI is InChI=1S/C20H24N4O7S2/c1-14-9-17(23-31-14)22-19(26)12-32-13-20(27)30-11-18(25)21-15-5-4-6-16(10-15)33(28,29)24-7-2-3-8-24/h4-6,9-10H,2-3,7-8,11-13H2,1H3,(H,21,25)(H,22,23,26). The van der Waals surface area contributed by atoms with Gasteiger partial charge in [0.2, 0.25) is 15.9 Å². The van der Waals surface area contributed by atoms with Crippen molar-refractivity contribution in [2.45, 2.75) is 24.7 Å². The van der Waals surface area contributed by atoms with Crippen molar-refractivity contribution in [3.8, 4) is 0 Å². The molecule has 1 aliphatic rings. The highest BCUT2D eigenvalue weighted by atomic mass is 32.2. The van der Waals surface area contributed by atoms with Crippen molar-refractivity contribution in [1.29, 1.82) is 0 Å². The monoisotopic (exact) mass is 496 g/mol. The average Bonchev–Trinajstić information content (AvgIpc) is 3.45. The van der Waals surface area contributed by atoms with E-state index in [9.17, 15) is 22.8 Å². The predicted molar refractivity (Wildman–Crippen MR) is 121 cm³/mol. The van der Waals surface area contributed by atoms with Gasteiger partial charge in [0.1, 0.15) is 5.76 Å². The van der Waals surface area contributed by atoms with Crippen LogP contribution in [-0.4, -0.2) is 66.9 Å². The highest BCUT2D eigenvalue weighted by Crippen LogP contribution is 2.23. The molecule has 1 aromatic heterocycles. The van der Waals surface area contributed by atoms with Gasteiger partial charge in [0.05, 0.1) is 16.4 Å². The van der Waals surface area contributed by atoms with Crippen LogP contribution in [0.4, 0.5) is 11.5 Å². The molecule has 33 heavy (non-hydrogen) atoms. The lowest BCUT2D eigenvalue weighted by molar-refractivity contribution is -0.144. The number of hydrogen-bond donors (Lipinski definition) is 2. The number of anilines is 2. The number of benzene rings is 1. The molecule has 0 atom stereocenters. The summed E-state index contributed by atoms with van der Waals surface area (Å²) in [7, 11) is -3.61. The summed E-state index contributed by atoms with van der Waals surface area (Å²) < 4.78 is 36.4. The van der Waals surface area contributed by atoms with E-state index in [0.717, 1.165) is 24.6 Å². The zero-order chi connectivity index (χ0) is 23.8. The number of rotatable bonds is 10. The Morgan fingerprint density at radius 3 is 2.58 bits per heavy atom. The molecule has 13 heteroatoms. The van der Waals surface area contributed by atoms with E-state index in [2.05, 4.69) is 15.8 Å². The molecule has 1 aliphatic heterocycles. The molecule has 11 nitrogen and oxygen atoms in total. The Labute approximate surface area is 195 Å². The first kappa shape index (κ1) is 24.7. The summed E-state index contributed by atoms with van der Waals surface area (Å²) in [4.78, 5) is 35.8. The maximum atomic E-state index is 12.6. The number of thioether (sulfide) groups is 1. The second-order valence-corrected chi connectivity index (χ2v) is 10.1. The van der Waals surface area contributed by atoms with Gasteiger partial charge in [-0.1, -0.05) is 11.2 Å². The van der Waals surface area contributed by atoms with E-state index < -0.39 is 28.5 Å². The molecule has 178 valence electrons. The summed E-state index contributed by atoms with van der Waals surface area (Å²) >= 11 is 1.02. The van der Waals surface area contributed by atoms with E-state index >= 15 is 0 Å². The van der Waals surface area contributed by atoms with Crippen molar-refractivity contribution >= 4 is 51.1 Å². The number of hydrogen-bond acceptors (Lipinski definition) is 9. The summed E-state index contributed by atoms with van der Waals surface area (Å²) in [5, 5.41) is 8.67. The fourth-order valence-corrected chi connectivity index (χ4v) is 5.20.